The highest BCUT2D eigenvalue weighted by Gasteiger charge is 2.42. The summed E-state index contributed by atoms with van der Waals surface area (Å²) in [6, 6.07) is 0. The summed E-state index contributed by atoms with van der Waals surface area (Å²) in [5, 5.41) is 0. The molecule has 0 aromatic rings. The van der Waals surface area contributed by atoms with Gasteiger partial charge in [0.25, 0.3) is 0 Å². The summed E-state index contributed by atoms with van der Waals surface area (Å²) in [4.78, 5) is 11.7. The maximum atomic E-state index is 11.7. The Kier molecular flexibility index (Phi) is 3.03. The highest BCUT2D eigenvalue weighted by molar-refractivity contribution is 5.76. The predicted octanol–water partition coefficient (Wildman–Crippen LogP) is 2.79. The highest BCUT2D eigenvalue weighted by Crippen LogP contribution is 2.45. The van der Waals surface area contributed by atoms with Crippen molar-refractivity contribution in [2.45, 2.75) is 34.1 Å². The van der Waals surface area contributed by atoms with E-state index in [2.05, 4.69) is 26.8 Å². The minimum Gasteiger partial charge on any atom is -0.469 e. The first-order valence-corrected chi connectivity index (χ1v) is 5.15. The summed E-state index contributed by atoms with van der Waals surface area (Å²) in [7, 11) is 1.46. The first-order chi connectivity index (χ1) is 6.41. The van der Waals surface area contributed by atoms with Crippen LogP contribution >= 0.6 is 0 Å². The molecule has 1 aliphatic carbocycles. The third-order valence-electron chi connectivity index (χ3n) is 3.70. The zero-order chi connectivity index (χ0) is 10.9. The second kappa shape index (κ2) is 3.76. The molecular formula is C12H20O2. The van der Waals surface area contributed by atoms with Gasteiger partial charge in [0.1, 0.15) is 0 Å². The molecule has 2 atom stereocenters. The Morgan fingerprint density at radius 3 is 2.64 bits per heavy atom. The quantitative estimate of drug-likeness (QED) is 0.476. The number of hydrogen-bond donors (Lipinski definition) is 0. The van der Waals surface area contributed by atoms with Crippen molar-refractivity contribution >= 4 is 5.97 Å². The van der Waals surface area contributed by atoms with Gasteiger partial charge in [-0.3, -0.25) is 4.79 Å². The van der Waals surface area contributed by atoms with E-state index in [1.54, 1.807) is 0 Å². The Morgan fingerprint density at radius 1 is 1.57 bits per heavy atom. The number of allylic oxidation sites excluding steroid dienone is 1. The Bertz CT molecular complexity index is 263. The van der Waals surface area contributed by atoms with Crippen LogP contribution in [-0.4, -0.2) is 13.1 Å². The summed E-state index contributed by atoms with van der Waals surface area (Å²) in [6.07, 6.45) is 3.23. The van der Waals surface area contributed by atoms with Crippen molar-refractivity contribution in [3.63, 3.8) is 0 Å². The first-order valence-electron chi connectivity index (χ1n) is 5.15. The molecule has 2 heteroatoms. The van der Waals surface area contributed by atoms with Gasteiger partial charge in [-0.1, -0.05) is 32.4 Å². The summed E-state index contributed by atoms with van der Waals surface area (Å²) in [6.45, 7) is 8.51. The molecule has 0 bridgehead atoms. The fraction of sp³-hybridized carbons (Fsp3) is 0.750. The van der Waals surface area contributed by atoms with Gasteiger partial charge in [0.2, 0.25) is 0 Å². The first kappa shape index (κ1) is 11.3. The number of esters is 1. The third-order valence-corrected chi connectivity index (χ3v) is 3.70. The molecule has 1 rings (SSSR count). The maximum Gasteiger partial charge on any atom is 0.313 e. The van der Waals surface area contributed by atoms with Crippen LogP contribution in [0, 0.1) is 17.3 Å². The molecule has 0 aromatic heterocycles. The minimum atomic E-state index is -0.102. The highest BCUT2D eigenvalue weighted by atomic mass is 16.5. The zero-order valence-electron chi connectivity index (χ0n) is 9.76. The van der Waals surface area contributed by atoms with Crippen molar-refractivity contribution in [2.24, 2.45) is 17.3 Å². The predicted molar refractivity (Wildman–Crippen MR) is 56.8 cm³/mol. The Hall–Kier alpha value is -0.790. The maximum absolute atomic E-state index is 11.7. The van der Waals surface area contributed by atoms with E-state index in [9.17, 15) is 4.79 Å². The average molecular weight is 196 g/mol. The number of carbonyl (C=O) groups excluding carboxylic acids is 1. The van der Waals surface area contributed by atoms with Crippen molar-refractivity contribution in [2.75, 3.05) is 7.11 Å². The van der Waals surface area contributed by atoms with E-state index in [1.165, 1.54) is 7.11 Å². The number of methoxy groups -OCH3 is 1. The van der Waals surface area contributed by atoms with Crippen molar-refractivity contribution in [3.05, 3.63) is 11.6 Å². The molecule has 0 saturated heterocycles. The van der Waals surface area contributed by atoms with Gasteiger partial charge < -0.3 is 4.74 Å². The molecule has 0 heterocycles. The lowest BCUT2D eigenvalue weighted by Crippen LogP contribution is -2.40. The number of carbonyl (C=O) groups is 1. The Balaban J connectivity index is 3.04. The molecule has 0 aliphatic heterocycles. The van der Waals surface area contributed by atoms with Crippen LogP contribution in [0.5, 0.6) is 0 Å². The van der Waals surface area contributed by atoms with Gasteiger partial charge in [0, 0.05) is 0 Å². The zero-order valence-corrected chi connectivity index (χ0v) is 9.76. The lowest BCUT2D eigenvalue weighted by molar-refractivity contribution is -0.149. The molecule has 0 spiro atoms. The van der Waals surface area contributed by atoms with Crippen LogP contribution < -0.4 is 0 Å². The third kappa shape index (κ3) is 1.70. The van der Waals surface area contributed by atoms with Crippen molar-refractivity contribution < 1.29 is 9.53 Å². The Morgan fingerprint density at radius 2 is 2.14 bits per heavy atom. The second-order valence-electron chi connectivity index (χ2n) is 4.86. The van der Waals surface area contributed by atoms with Crippen molar-refractivity contribution in [1.29, 1.82) is 0 Å². The molecule has 0 saturated carbocycles. The second-order valence-corrected chi connectivity index (χ2v) is 4.86. The fourth-order valence-electron chi connectivity index (χ4n) is 2.26. The van der Waals surface area contributed by atoms with Crippen LogP contribution in [0.4, 0.5) is 0 Å². The minimum absolute atomic E-state index is 0.00588. The van der Waals surface area contributed by atoms with Gasteiger partial charge in [-0.15, -0.1) is 0 Å². The normalized spacial score (nSPS) is 30.8. The SMILES string of the molecule is COC(=O)C1C(C)=CCC(C)C1(C)C. The van der Waals surface area contributed by atoms with Crippen LogP contribution in [0.1, 0.15) is 34.1 Å². The molecule has 0 amide bonds. The Labute approximate surface area is 86.3 Å². The van der Waals surface area contributed by atoms with E-state index in [0.29, 0.717) is 5.92 Å². The van der Waals surface area contributed by atoms with Crippen LogP contribution in [0.2, 0.25) is 0 Å². The molecule has 80 valence electrons. The number of rotatable bonds is 1. The molecule has 0 N–H and O–H groups in total. The van der Waals surface area contributed by atoms with Crippen LogP contribution in [0.15, 0.2) is 11.6 Å². The van der Waals surface area contributed by atoms with Crippen LogP contribution in [0.3, 0.4) is 0 Å². The number of hydrogen-bond acceptors (Lipinski definition) is 2. The van der Waals surface area contributed by atoms with E-state index in [1.807, 2.05) is 6.92 Å². The summed E-state index contributed by atoms with van der Waals surface area (Å²) in [5.74, 6) is 0.349. The molecule has 2 nitrogen and oxygen atoms in total. The monoisotopic (exact) mass is 196 g/mol. The molecule has 14 heavy (non-hydrogen) atoms. The molecular weight excluding hydrogens is 176 g/mol. The standard InChI is InChI=1S/C12H20O2/c1-8-6-7-9(2)12(3,4)10(8)11(13)14-5/h6,9-10H,7H2,1-5H3. The molecule has 0 fully saturated rings. The lowest BCUT2D eigenvalue weighted by Gasteiger charge is -2.41. The van der Waals surface area contributed by atoms with E-state index in [0.717, 1.165) is 12.0 Å². The van der Waals surface area contributed by atoms with Gasteiger partial charge in [0.05, 0.1) is 13.0 Å². The molecule has 2 unspecified atom stereocenters. The van der Waals surface area contributed by atoms with Crippen LogP contribution in [0.25, 0.3) is 0 Å². The van der Waals surface area contributed by atoms with E-state index in [-0.39, 0.29) is 17.3 Å². The fourth-order valence-corrected chi connectivity index (χ4v) is 2.26. The number of ether oxygens (including phenoxy) is 1. The molecule has 1 aliphatic rings. The summed E-state index contributed by atoms with van der Waals surface area (Å²) in [5.41, 5.74) is 1.16. The van der Waals surface area contributed by atoms with E-state index < -0.39 is 0 Å². The molecule has 0 aromatic carbocycles. The smallest absolute Gasteiger partial charge is 0.313 e. The van der Waals surface area contributed by atoms with E-state index in [4.69, 9.17) is 4.74 Å². The summed E-state index contributed by atoms with van der Waals surface area (Å²) < 4.78 is 4.86. The summed E-state index contributed by atoms with van der Waals surface area (Å²) >= 11 is 0. The van der Waals surface area contributed by atoms with Gasteiger partial charge in [-0.2, -0.15) is 0 Å². The van der Waals surface area contributed by atoms with Crippen LogP contribution in [-0.2, 0) is 9.53 Å². The topological polar surface area (TPSA) is 26.3 Å². The van der Waals surface area contributed by atoms with Crippen molar-refractivity contribution in [3.8, 4) is 0 Å². The average Bonchev–Trinajstić information content (AvgIpc) is 2.11. The largest absolute Gasteiger partial charge is 0.469 e. The van der Waals surface area contributed by atoms with Gasteiger partial charge in [0.15, 0.2) is 0 Å². The van der Waals surface area contributed by atoms with Gasteiger partial charge in [-0.05, 0) is 24.7 Å². The van der Waals surface area contributed by atoms with E-state index >= 15 is 0 Å². The lowest BCUT2D eigenvalue weighted by atomic mass is 9.63. The van der Waals surface area contributed by atoms with Crippen molar-refractivity contribution in [1.82, 2.24) is 0 Å². The van der Waals surface area contributed by atoms with Gasteiger partial charge >= 0.3 is 5.97 Å². The van der Waals surface area contributed by atoms with Gasteiger partial charge in [-0.25, -0.2) is 0 Å². The molecule has 0 radical (unpaired) electrons.